The highest BCUT2D eigenvalue weighted by molar-refractivity contribution is 6.74. The van der Waals surface area contributed by atoms with E-state index in [1.165, 1.54) is 0 Å². The van der Waals surface area contributed by atoms with Crippen molar-refractivity contribution >= 4 is 14.4 Å². The molecule has 1 saturated heterocycles. The van der Waals surface area contributed by atoms with E-state index >= 15 is 0 Å². The van der Waals surface area contributed by atoms with E-state index in [1.54, 1.807) is 4.90 Å². The van der Waals surface area contributed by atoms with Crippen molar-refractivity contribution in [1.82, 2.24) is 4.90 Å². The fourth-order valence-electron chi connectivity index (χ4n) is 3.90. The minimum atomic E-state index is -2.26. The van der Waals surface area contributed by atoms with E-state index in [0.717, 1.165) is 6.42 Å². The molecule has 0 radical (unpaired) electrons. The van der Waals surface area contributed by atoms with Gasteiger partial charge in [-0.2, -0.15) is 0 Å². The van der Waals surface area contributed by atoms with E-state index in [2.05, 4.69) is 58.0 Å². The van der Waals surface area contributed by atoms with Crippen LogP contribution in [0.15, 0.2) is 18.1 Å². The largest absolute Gasteiger partial charge is 0.416 e. The van der Waals surface area contributed by atoms with Crippen molar-refractivity contribution in [2.75, 3.05) is 13.2 Å². The van der Waals surface area contributed by atoms with Gasteiger partial charge in [0.1, 0.15) is 6.10 Å². The van der Waals surface area contributed by atoms with Gasteiger partial charge in [-0.05, 0) is 66.1 Å². The van der Waals surface area contributed by atoms with Gasteiger partial charge in [0.2, 0.25) is 0 Å². The van der Waals surface area contributed by atoms with Crippen molar-refractivity contribution in [2.24, 2.45) is 5.41 Å². The molecule has 206 valence electrons. The summed E-state index contributed by atoms with van der Waals surface area (Å²) >= 11 is 0. The Bertz CT molecular complexity index is 835. The minimum absolute atomic E-state index is 0.0126. The van der Waals surface area contributed by atoms with E-state index < -0.39 is 31.7 Å². The smallest absolute Gasteiger partial charge is 0.406 e. The molecule has 7 heteroatoms. The number of rotatable bonds is 9. The Morgan fingerprint density at radius 1 is 1.08 bits per heavy atom. The molecule has 0 aromatic rings. The first-order valence-corrected chi connectivity index (χ1v) is 16.1. The van der Waals surface area contributed by atoms with Crippen LogP contribution in [0.5, 0.6) is 0 Å². The van der Waals surface area contributed by atoms with Crippen LogP contribution in [0.3, 0.4) is 0 Å². The molecule has 0 aromatic heterocycles. The number of carbonyl (C=O) groups is 1. The predicted octanol–water partition coefficient (Wildman–Crippen LogP) is 7.26. The van der Waals surface area contributed by atoms with Crippen LogP contribution in [-0.4, -0.2) is 56.5 Å². The summed E-state index contributed by atoms with van der Waals surface area (Å²) in [5.41, 5.74) is 2.49. The first-order chi connectivity index (χ1) is 16.4. The molecule has 1 amide bonds. The van der Waals surface area contributed by atoms with Crippen LogP contribution in [0.4, 0.5) is 4.79 Å². The van der Waals surface area contributed by atoms with Gasteiger partial charge in [-0.1, -0.05) is 40.0 Å². The van der Waals surface area contributed by atoms with Crippen LogP contribution in [0.25, 0.3) is 0 Å². The minimum Gasteiger partial charge on any atom is -0.406 e. The highest BCUT2D eigenvalue weighted by Gasteiger charge is 2.46. The molecule has 0 spiro atoms. The summed E-state index contributed by atoms with van der Waals surface area (Å²) in [6.45, 7) is 29.5. The molecule has 0 N–H and O–H groups in total. The molecule has 0 aromatic carbocycles. The van der Waals surface area contributed by atoms with Gasteiger partial charge in [-0.3, -0.25) is 0 Å². The fourth-order valence-corrected chi connectivity index (χ4v) is 5.15. The van der Waals surface area contributed by atoms with Gasteiger partial charge < -0.3 is 23.5 Å². The molecule has 0 bridgehead atoms. The number of hydrogen-bond acceptors (Lipinski definition) is 5. The zero-order chi connectivity index (χ0) is 27.9. The summed E-state index contributed by atoms with van der Waals surface area (Å²) in [5.74, 6) is 6.14. The first-order valence-electron chi connectivity index (χ1n) is 13.2. The molecule has 36 heavy (non-hydrogen) atoms. The highest BCUT2D eigenvalue weighted by atomic mass is 28.4. The second-order valence-corrected chi connectivity index (χ2v) is 17.2. The van der Waals surface area contributed by atoms with Crippen molar-refractivity contribution in [3.63, 3.8) is 0 Å². The molecule has 0 aliphatic carbocycles. The highest BCUT2D eigenvalue weighted by Crippen LogP contribution is 2.43. The number of carbonyl (C=O) groups excluding carboxylic acids is 1. The van der Waals surface area contributed by atoms with Gasteiger partial charge >= 0.3 is 6.09 Å². The Morgan fingerprint density at radius 2 is 1.61 bits per heavy atom. The van der Waals surface area contributed by atoms with Crippen LogP contribution < -0.4 is 0 Å². The van der Waals surface area contributed by atoms with Crippen molar-refractivity contribution in [3.05, 3.63) is 18.1 Å². The number of amides is 1. The predicted molar refractivity (Wildman–Crippen MR) is 149 cm³/mol. The molecular weight excluding hydrogens is 470 g/mol. The van der Waals surface area contributed by atoms with Gasteiger partial charge in [0.05, 0.1) is 13.2 Å². The fraction of sp³-hybridized carbons (Fsp3) is 0.793. The molecule has 1 atom stereocenters. The van der Waals surface area contributed by atoms with Crippen LogP contribution in [0.2, 0.25) is 18.1 Å². The van der Waals surface area contributed by atoms with E-state index in [9.17, 15) is 4.79 Å². The Morgan fingerprint density at radius 3 is 2.03 bits per heavy atom. The van der Waals surface area contributed by atoms with Crippen molar-refractivity contribution in [1.29, 1.82) is 0 Å². The summed E-state index contributed by atoms with van der Waals surface area (Å²) in [6.07, 6.45) is 0.930. The molecule has 0 saturated carbocycles. The van der Waals surface area contributed by atoms with Crippen molar-refractivity contribution in [3.8, 4) is 11.8 Å². The lowest BCUT2D eigenvalue weighted by Gasteiger charge is -2.46. The van der Waals surface area contributed by atoms with E-state index in [1.807, 2.05) is 48.5 Å². The lowest BCUT2D eigenvalue weighted by Crippen LogP contribution is -2.51. The third-order valence-electron chi connectivity index (χ3n) is 7.07. The monoisotopic (exact) mass is 521 g/mol. The summed E-state index contributed by atoms with van der Waals surface area (Å²) in [7, 11) is -2.26. The third-order valence-corrected chi connectivity index (χ3v) is 11.6. The standard InChI is InChI=1S/C29H51NO5Si/c1-14-16-17-18-29(20-32-28(10,11)33-21-29)19-25(35-36(12,13)27(7,8)9)24(15-2)34-26(31)30(22(3)4)23(5)6/h22-23,25H,2,14,18-21H2,1,3-13H3. The van der Waals surface area contributed by atoms with Gasteiger partial charge in [0, 0.05) is 30.3 Å². The van der Waals surface area contributed by atoms with Crippen LogP contribution in [-0.2, 0) is 18.6 Å². The molecule has 1 aliphatic heterocycles. The van der Waals surface area contributed by atoms with Crippen LogP contribution in [0, 0.1) is 17.3 Å². The maximum absolute atomic E-state index is 13.2. The van der Waals surface area contributed by atoms with E-state index in [4.69, 9.17) is 18.6 Å². The van der Waals surface area contributed by atoms with Gasteiger partial charge in [-0.25, -0.2) is 4.79 Å². The normalized spacial score (nSPS) is 18.2. The molecule has 6 nitrogen and oxygen atoms in total. The quantitative estimate of drug-likeness (QED) is 0.138. The SMILES string of the molecule is C=C=C(OC(=O)N(C(C)C)C(C)C)C(CC1(CC#CCC)COC(C)(C)OC1)O[Si](C)(C)C(C)(C)C. The summed E-state index contributed by atoms with van der Waals surface area (Å²) in [4.78, 5) is 14.9. The second-order valence-electron chi connectivity index (χ2n) is 12.4. The maximum Gasteiger partial charge on any atom is 0.416 e. The van der Waals surface area contributed by atoms with E-state index in [0.29, 0.717) is 31.8 Å². The number of hydrogen-bond donors (Lipinski definition) is 0. The van der Waals surface area contributed by atoms with Crippen molar-refractivity contribution < 1.29 is 23.4 Å². The van der Waals surface area contributed by atoms with Crippen molar-refractivity contribution in [2.45, 2.75) is 131 Å². The molecule has 1 aliphatic rings. The Kier molecular flexibility index (Phi) is 11.5. The Balaban J connectivity index is 3.44. The average molecular weight is 522 g/mol. The first kappa shape index (κ1) is 32.5. The maximum atomic E-state index is 13.2. The van der Waals surface area contributed by atoms with Crippen LogP contribution >= 0.6 is 0 Å². The van der Waals surface area contributed by atoms with Crippen LogP contribution in [0.1, 0.15) is 88.5 Å². The zero-order valence-corrected chi connectivity index (χ0v) is 26.0. The number of ether oxygens (including phenoxy) is 3. The molecular formula is C29H51NO5Si. The Hall–Kier alpha value is -1.55. The van der Waals surface area contributed by atoms with Gasteiger partial charge in [0.15, 0.2) is 19.9 Å². The number of nitrogens with zero attached hydrogens (tertiary/aromatic N) is 1. The summed E-state index contributed by atoms with van der Waals surface area (Å²) in [6, 6.07) is -0.0253. The summed E-state index contributed by atoms with van der Waals surface area (Å²) < 4.78 is 25.1. The zero-order valence-electron chi connectivity index (χ0n) is 25.0. The summed E-state index contributed by atoms with van der Waals surface area (Å²) in [5, 5.41) is -0.0415. The molecule has 1 heterocycles. The molecule has 1 unspecified atom stereocenters. The Labute approximate surface area is 221 Å². The topological polar surface area (TPSA) is 57.2 Å². The van der Waals surface area contributed by atoms with Gasteiger partial charge in [0.25, 0.3) is 0 Å². The lowest BCUT2D eigenvalue weighted by atomic mass is 9.79. The second kappa shape index (κ2) is 12.8. The third kappa shape index (κ3) is 9.08. The van der Waals surface area contributed by atoms with E-state index in [-0.39, 0.29) is 17.1 Å². The van der Waals surface area contributed by atoms with Gasteiger partial charge in [-0.15, -0.1) is 11.8 Å². The molecule has 1 fully saturated rings. The lowest BCUT2D eigenvalue weighted by molar-refractivity contribution is -0.287. The average Bonchev–Trinajstić information content (AvgIpc) is 2.72. The molecule has 1 rings (SSSR count).